The average molecular weight is 498 g/mol. The smallest absolute Gasteiger partial charge is 0.335 e. The molecule has 0 unspecified atom stereocenters. The molecule has 0 atom stereocenters. The van der Waals surface area contributed by atoms with Gasteiger partial charge in [0.25, 0.3) is 10.0 Å². The third kappa shape index (κ3) is 5.63. The van der Waals surface area contributed by atoms with Crippen molar-refractivity contribution in [1.29, 1.82) is 0 Å². The summed E-state index contributed by atoms with van der Waals surface area (Å²) in [6, 6.07) is 16.3. The van der Waals surface area contributed by atoms with Gasteiger partial charge in [0.2, 0.25) is 0 Å². The van der Waals surface area contributed by atoms with E-state index in [0.717, 1.165) is 5.56 Å². The van der Waals surface area contributed by atoms with Gasteiger partial charge in [-0.15, -0.1) is 0 Å². The number of piperazine rings is 1. The summed E-state index contributed by atoms with van der Waals surface area (Å²) in [5.74, 6) is -1.37. The van der Waals surface area contributed by atoms with Crippen LogP contribution in [0.5, 0.6) is 0 Å². The molecule has 0 saturated carbocycles. The van der Waals surface area contributed by atoms with E-state index in [-0.39, 0.29) is 22.0 Å². The number of halogens is 1. The highest BCUT2D eigenvalue weighted by molar-refractivity contribution is 7.92. The predicted molar refractivity (Wildman–Crippen MR) is 134 cm³/mol. The minimum Gasteiger partial charge on any atom is -0.478 e. The van der Waals surface area contributed by atoms with Crippen LogP contribution in [0.2, 0.25) is 0 Å². The number of benzene rings is 3. The number of nitrogens with zero attached hydrogens (tertiary/aromatic N) is 2. The first-order valence-corrected chi connectivity index (χ1v) is 12.8. The Labute approximate surface area is 204 Å². The van der Waals surface area contributed by atoms with Crippen molar-refractivity contribution in [3.05, 3.63) is 88.7 Å². The zero-order chi connectivity index (χ0) is 25.2. The Balaban J connectivity index is 1.57. The third-order valence-electron chi connectivity index (χ3n) is 6.19. The van der Waals surface area contributed by atoms with Crippen LogP contribution in [0.4, 0.5) is 15.8 Å². The van der Waals surface area contributed by atoms with Crippen LogP contribution in [0.15, 0.2) is 65.6 Å². The fraction of sp³-hybridized carbons (Fsp3) is 0.269. The summed E-state index contributed by atoms with van der Waals surface area (Å²) in [6.07, 6.45) is 0. The minimum atomic E-state index is -3.95. The van der Waals surface area contributed by atoms with Crippen LogP contribution >= 0.6 is 0 Å². The number of carboxylic acid groups (broad SMARTS) is 1. The molecule has 1 heterocycles. The number of carboxylic acids is 1. The number of nitrogens with one attached hydrogen (secondary N) is 1. The van der Waals surface area contributed by atoms with Gasteiger partial charge in [0, 0.05) is 38.3 Å². The van der Waals surface area contributed by atoms with E-state index in [1.54, 1.807) is 37.3 Å². The second-order valence-electron chi connectivity index (χ2n) is 8.77. The van der Waals surface area contributed by atoms with Gasteiger partial charge in [0.1, 0.15) is 5.82 Å². The average Bonchev–Trinajstić information content (AvgIpc) is 2.82. The molecule has 1 aliphatic rings. The highest BCUT2D eigenvalue weighted by Crippen LogP contribution is 2.31. The summed E-state index contributed by atoms with van der Waals surface area (Å²) < 4.78 is 43.2. The second-order valence-corrected chi connectivity index (χ2v) is 10.4. The molecule has 0 radical (unpaired) electrons. The largest absolute Gasteiger partial charge is 0.478 e. The zero-order valence-corrected chi connectivity index (χ0v) is 20.5. The zero-order valence-electron chi connectivity index (χ0n) is 19.7. The molecule has 1 saturated heterocycles. The molecular formula is C26H28FN3O4S. The van der Waals surface area contributed by atoms with Crippen LogP contribution in [-0.4, -0.2) is 50.6 Å². The number of aromatic carboxylic acids is 1. The molecule has 35 heavy (non-hydrogen) atoms. The molecule has 1 aliphatic heterocycles. The van der Waals surface area contributed by atoms with E-state index >= 15 is 0 Å². The summed E-state index contributed by atoms with van der Waals surface area (Å²) >= 11 is 0. The monoisotopic (exact) mass is 497 g/mol. The van der Waals surface area contributed by atoms with Crippen LogP contribution in [-0.2, 0) is 16.6 Å². The molecule has 7 nitrogen and oxygen atoms in total. The molecule has 9 heteroatoms. The van der Waals surface area contributed by atoms with Crippen molar-refractivity contribution in [2.45, 2.75) is 25.3 Å². The molecule has 0 aromatic heterocycles. The standard InChI is InChI=1S/C26H28FN3O4S/c1-18-7-8-19(2)25(15-18)35(33,34)28-23-16-20(26(31)32)9-10-24(23)30-13-11-29(12-14-30)17-21-5-3-4-6-22(21)27/h3-10,15-16,28H,11-14,17H2,1-2H3,(H,31,32). The van der Waals surface area contributed by atoms with Crippen molar-refractivity contribution in [1.82, 2.24) is 4.90 Å². The molecule has 0 bridgehead atoms. The summed E-state index contributed by atoms with van der Waals surface area (Å²) in [7, 11) is -3.95. The van der Waals surface area contributed by atoms with Crippen LogP contribution in [0.1, 0.15) is 27.0 Å². The van der Waals surface area contributed by atoms with E-state index in [1.807, 2.05) is 24.0 Å². The summed E-state index contributed by atoms with van der Waals surface area (Å²) in [5.41, 5.74) is 2.85. The third-order valence-corrected chi connectivity index (χ3v) is 7.69. The van der Waals surface area contributed by atoms with Crippen LogP contribution in [0.25, 0.3) is 0 Å². The fourth-order valence-electron chi connectivity index (χ4n) is 4.24. The van der Waals surface area contributed by atoms with Gasteiger partial charge in [0.15, 0.2) is 0 Å². The molecular weight excluding hydrogens is 469 g/mol. The van der Waals surface area contributed by atoms with Gasteiger partial charge in [-0.05, 0) is 55.3 Å². The molecule has 0 spiro atoms. The van der Waals surface area contributed by atoms with Crippen molar-refractivity contribution in [3.63, 3.8) is 0 Å². The Kier molecular flexibility index (Phi) is 7.09. The molecule has 1 fully saturated rings. The topological polar surface area (TPSA) is 89.9 Å². The van der Waals surface area contributed by atoms with Gasteiger partial charge in [-0.1, -0.05) is 30.3 Å². The second kappa shape index (κ2) is 10.1. The van der Waals surface area contributed by atoms with E-state index in [0.29, 0.717) is 49.5 Å². The Hall–Kier alpha value is -3.43. The van der Waals surface area contributed by atoms with E-state index in [4.69, 9.17) is 0 Å². The van der Waals surface area contributed by atoms with Crippen molar-refractivity contribution >= 4 is 27.4 Å². The van der Waals surface area contributed by atoms with Gasteiger partial charge in [-0.3, -0.25) is 9.62 Å². The number of hydrogen-bond donors (Lipinski definition) is 2. The number of rotatable bonds is 7. The van der Waals surface area contributed by atoms with E-state index in [2.05, 4.69) is 9.62 Å². The first-order valence-electron chi connectivity index (χ1n) is 11.3. The van der Waals surface area contributed by atoms with Crippen molar-refractivity contribution < 1.29 is 22.7 Å². The van der Waals surface area contributed by atoms with E-state index in [9.17, 15) is 22.7 Å². The lowest BCUT2D eigenvalue weighted by molar-refractivity contribution is 0.0697. The van der Waals surface area contributed by atoms with Gasteiger partial charge >= 0.3 is 5.97 Å². The Morgan fingerprint density at radius 3 is 2.40 bits per heavy atom. The van der Waals surface area contributed by atoms with Crippen LogP contribution < -0.4 is 9.62 Å². The molecule has 4 rings (SSSR count). The number of hydrogen-bond acceptors (Lipinski definition) is 5. The van der Waals surface area contributed by atoms with Gasteiger partial charge in [-0.2, -0.15) is 0 Å². The van der Waals surface area contributed by atoms with Crippen molar-refractivity contribution in [2.24, 2.45) is 0 Å². The summed E-state index contributed by atoms with van der Waals surface area (Å²) in [6.45, 7) is 6.49. The first-order chi connectivity index (χ1) is 16.6. The number of anilines is 2. The van der Waals surface area contributed by atoms with Gasteiger partial charge in [-0.25, -0.2) is 17.6 Å². The van der Waals surface area contributed by atoms with Crippen molar-refractivity contribution in [3.8, 4) is 0 Å². The Morgan fingerprint density at radius 2 is 1.71 bits per heavy atom. The lowest BCUT2D eigenvalue weighted by atomic mass is 10.1. The Morgan fingerprint density at radius 1 is 1.00 bits per heavy atom. The van der Waals surface area contributed by atoms with Crippen molar-refractivity contribution in [2.75, 3.05) is 35.8 Å². The molecule has 3 aromatic carbocycles. The predicted octanol–water partition coefficient (Wildman–Crippen LogP) is 4.26. The molecule has 184 valence electrons. The maximum Gasteiger partial charge on any atom is 0.335 e. The SMILES string of the molecule is Cc1ccc(C)c(S(=O)(=O)Nc2cc(C(=O)O)ccc2N2CCN(Cc3ccccc3F)CC2)c1. The minimum absolute atomic E-state index is 0.00870. The highest BCUT2D eigenvalue weighted by atomic mass is 32.2. The molecule has 0 aliphatic carbocycles. The number of carbonyl (C=O) groups is 1. The molecule has 2 N–H and O–H groups in total. The molecule has 0 amide bonds. The van der Waals surface area contributed by atoms with E-state index < -0.39 is 16.0 Å². The van der Waals surface area contributed by atoms with E-state index in [1.165, 1.54) is 18.2 Å². The molecule has 3 aromatic rings. The van der Waals surface area contributed by atoms with Gasteiger partial charge in [0.05, 0.1) is 21.8 Å². The number of aryl methyl sites for hydroxylation is 2. The van der Waals surface area contributed by atoms with Crippen LogP contribution in [0.3, 0.4) is 0 Å². The summed E-state index contributed by atoms with van der Waals surface area (Å²) in [5, 5.41) is 9.48. The Bertz CT molecular complexity index is 1350. The van der Waals surface area contributed by atoms with Crippen LogP contribution in [0, 0.1) is 19.7 Å². The number of sulfonamides is 1. The lowest BCUT2D eigenvalue weighted by Gasteiger charge is -2.37. The quantitative estimate of drug-likeness (QED) is 0.507. The summed E-state index contributed by atoms with van der Waals surface area (Å²) in [4.78, 5) is 15.9. The maximum atomic E-state index is 14.0. The maximum absolute atomic E-state index is 14.0. The first kappa shape index (κ1) is 24.7. The normalized spacial score (nSPS) is 14.7. The fourth-order valence-corrected chi connectivity index (χ4v) is 5.63. The van der Waals surface area contributed by atoms with Gasteiger partial charge < -0.3 is 10.0 Å². The lowest BCUT2D eigenvalue weighted by Crippen LogP contribution is -2.46. The highest BCUT2D eigenvalue weighted by Gasteiger charge is 2.24.